The number of ether oxygens (including phenoxy) is 1. The van der Waals surface area contributed by atoms with Crippen molar-refractivity contribution >= 4 is 0 Å². The second-order valence-corrected chi connectivity index (χ2v) is 6.19. The first-order valence-corrected chi connectivity index (χ1v) is 7.86. The zero-order chi connectivity index (χ0) is 13.6. The lowest BCUT2D eigenvalue weighted by Gasteiger charge is -2.39. The van der Waals surface area contributed by atoms with Crippen LogP contribution < -0.4 is 5.32 Å². The summed E-state index contributed by atoms with van der Waals surface area (Å²) in [5.41, 5.74) is 1.90. The molecule has 0 spiro atoms. The summed E-state index contributed by atoms with van der Waals surface area (Å²) in [6.07, 6.45) is 11.8. The van der Waals surface area contributed by atoms with Crippen LogP contribution in [0.1, 0.15) is 44.9 Å². The molecular formula is C16H30N2O. The lowest BCUT2D eigenvalue weighted by Crippen LogP contribution is -2.47. The standard InChI is InChI=1S/C16H30N2O/c1-17-16(8-4-3-5-9-16)10-13-18-11-6-15(7-12-18)14-19-2/h6,17H,3-5,7-14H2,1-2H3. The Morgan fingerprint density at radius 1 is 1.32 bits per heavy atom. The number of rotatable bonds is 6. The average molecular weight is 266 g/mol. The third-order valence-electron chi connectivity index (χ3n) is 4.96. The maximum absolute atomic E-state index is 5.21. The van der Waals surface area contributed by atoms with Crippen LogP contribution in [0.25, 0.3) is 0 Å². The Morgan fingerprint density at radius 2 is 2.11 bits per heavy atom. The number of nitrogens with zero attached hydrogens (tertiary/aromatic N) is 1. The van der Waals surface area contributed by atoms with Gasteiger partial charge in [-0.3, -0.25) is 4.90 Å². The van der Waals surface area contributed by atoms with E-state index in [1.807, 2.05) is 0 Å². The highest BCUT2D eigenvalue weighted by molar-refractivity contribution is 5.07. The van der Waals surface area contributed by atoms with Crippen LogP contribution in [0.15, 0.2) is 11.6 Å². The fourth-order valence-corrected chi connectivity index (χ4v) is 3.50. The Kier molecular flexibility index (Phi) is 5.86. The maximum atomic E-state index is 5.21. The fourth-order valence-electron chi connectivity index (χ4n) is 3.50. The highest BCUT2D eigenvalue weighted by atomic mass is 16.5. The zero-order valence-electron chi connectivity index (χ0n) is 12.7. The third kappa shape index (κ3) is 4.30. The number of hydrogen-bond acceptors (Lipinski definition) is 3. The maximum Gasteiger partial charge on any atom is 0.0673 e. The van der Waals surface area contributed by atoms with Crippen LogP contribution in [0.5, 0.6) is 0 Å². The van der Waals surface area contributed by atoms with E-state index < -0.39 is 0 Å². The van der Waals surface area contributed by atoms with Crippen LogP contribution in [0, 0.1) is 0 Å². The smallest absolute Gasteiger partial charge is 0.0673 e. The molecule has 110 valence electrons. The first-order valence-electron chi connectivity index (χ1n) is 7.86. The van der Waals surface area contributed by atoms with Gasteiger partial charge in [0, 0.05) is 32.3 Å². The SMILES string of the molecule is CNC1(CCN2CC=C(COC)CC2)CCCCC1. The van der Waals surface area contributed by atoms with Crippen LogP contribution in [0.2, 0.25) is 0 Å². The largest absolute Gasteiger partial charge is 0.380 e. The van der Waals surface area contributed by atoms with Gasteiger partial charge in [-0.2, -0.15) is 0 Å². The van der Waals surface area contributed by atoms with E-state index in [1.54, 1.807) is 7.11 Å². The molecule has 2 aliphatic rings. The normalized spacial score (nSPS) is 24.2. The quantitative estimate of drug-likeness (QED) is 0.748. The van der Waals surface area contributed by atoms with Gasteiger partial charge in [0.25, 0.3) is 0 Å². The molecule has 0 aromatic carbocycles. The van der Waals surface area contributed by atoms with Gasteiger partial charge in [0.2, 0.25) is 0 Å². The molecule has 0 aromatic rings. The summed E-state index contributed by atoms with van der Waals surface area (Å²) < 4.78 is 5.21. The second-order valence-electron chi connectivity index (χ2n) is 6.19. The van der Waals surface area contributed by atoms with E-state index in [9.17, 15) is 0 Å². The minimum atomic E-state index is 0.425. The molecule has 1 saturated carbocycles. The highest BCUT2D eigenvalue weighted by Gasteiger charge is 2.30. The number of hydrogen-bond donors (Lipinski definition) is 1. The average Bonchev–Trinajstić information content (AvgIpc) is 2.48. The van der Waals surface area contributed by atoms with Crippen molar-refractivity contribution in [3.8, 4) is 0 Å². The van der Waals surface area contributed by atoms with Crippen LogP contribution in [-0.4, -0.2) is 50.8 Å². The van der Waals surface area contributed by atoms with E-state index in [-0.39, 0.29) is 0 Å². The van der Waals surface area contributed by atoms with Crippen molar-refractivity contribution in [3.63, 3.8) is 0 Å². The molecule has 1 N–H and O–H groups in total. The Hall–Kier alpha value is -0.380. The van der Waals surface area contributed by atoms with Crippen LogP contribution in [0.4, 0.5) is 0 Å². The van der Waals surface area contributed by atoms with Gasteiger partial charge in [0.05, 0.1) is 6.61 Å². The second kappa shape index (κ2) is 7.41. The molecule has 1 heterocycles. The van der Waals surface area contributed by atoms with Crippen molar-refractivity contribution in [1.82, 2.24) is 10.2 Å². The summed E-state index contributed by atoms with van der Waals surface area (Å²) in [6.45, 7) is 4.36. The van der Waals surface area contributed by atoms with Crippen LogP contribution in [-0.2, 0) is 4.74 Å². The van der Waals surface area contributed by atoms with E-state index in [0.29, 0.717) is 5.54 Å². The molecule has 0 bridgehead atoms. The topological polar surface area (TPSA) is 24.5 Å². The Bertz CT molecular complexity index is 295. The summed E-state index contributed by atoms with van der Waals surface area (Å²) >= 11 is 0. The molecule has 1 aliphatic heterocycles. The molecule has 0 radical (unpaired) electrons. The van der Waals surface area contributed by atoms with Crippen molar-refractivity contribution in [1.29, 1.82) is 0 Å². The van der Waals surface area contributed by atoms with E-state index in [4.69, 9.17) is 4.74 Å². The molecule has 19 heavy (non-hydrogen) atoms. The van der Waals surface area contributed by atoms with Gasteiger partial charge in [-0.1, -0.05) is 25.3 Å². The summed E-state index contributed by atoms with van der Waals surface area (Å²) in [4.78, 5) is 2.59. The molecule has 0 unspecified atom stereocenters. The van der Waals surface area contributed by atoms with Crippen molar-refractivity contribution < 1.29 is 4.74 Å². The van der Waals surface area contributed by atoms with E-state index in [0.717, 1.165) is 13.2 Å². The predicted octanol–water partition coefficient (Wildman–Crippen LogP) is 2.58. The summed E-state index contributed by atoms with van der Waals surface area (Å²) in [5.74, 6) is 0. The molecule has 0 amide bonds. The minimum absolute atomic E-state index is 0.425. The lowest BCUT2D eigenvalue weighted by atomic mass is 9.79. The Morgan fingerprint density at radius 3 is 2.68 bits per heavy atom. The Balaban J connectivity index is 1.76. The predicted molar refractivity (Wildman–Crippen MR) is 80.5 cm³/mol. The third-order valence-corrected chi connectivity index (χ3v) is 4.96. The molecule has 0 aromatic heterocycles. The molecule has 1 fully saturated rings. The van der Waals surface area contributed by atoms with E-state index in [1.165, 1.54) is 63.6 Å². The van der Waals surface area contributed by atoms with Gasteiger partial charge >= 0.3 is 0 Å². The van der Waals surface area contributed by atoms with Gasteiger partial charge in [0.15, 0.2) is 0 Å². The zero-order valence-corrected chi connectivity index (χ0v) is 12.7. The van der Waals surface area contributed by atoms with Crippen molar-refractivity contribution in [3.05, 3.63) is 11.6 Å². The molecule has 3 heteroatoms. The van der Waals surface area contributed by atoms with Crippen molar-refractivity contribution in [2.75, 3.05) is 40.4 Å². The summed E-state index contributed by atoms with van der Waals surface area (Å²) in [7, 11) is 3.94. The summed E-state index contributed by atoms with van der Waals surface area (Å²) in [5, 5.41) is 3.62. The van der Waals surface area contributed by atoms with Gasteiger partial charge in [0.1, 0.15) is 0 Å². The molecule has 2 rings (SSSR count). The van der Waals surface area contributed by atoms with Gasteiger partial charge in [-0.05, 0) is 38.3 Å². The monoisotopic (exact) mass is 266 g/mol. The number of methoxy groups -OCH3 is 1. The van der Waals surface area contributed by atoms with E-state index >= 15 is 0 Å². The van der Waals surface area contributed by atoms with Gasteiger partial charge in [-0.25, -0.2) is 0 Å². The van der Waals surface area contributed by atoms with Gasteiger partial charge in [-0.15, -0.1) is 0 Å². The highest BCUT2D eigenvalue weighted by Crippen LogP contribution is 2.31. The fraction of sp³-hybridized carbons (Fsp3) is 0.875. The van der Waals surface area contributed by atoms with Crippen molar-refractivity contribution in [2.24, 2.45) is 0 Å². The molecular weight excluding hydrogens is 236 g/mol. The lowest BCUT2D eigenvalue weighted by molar-refractivity contribution is 0.180. The first kappa shape index (κ1) is 15.0. The Labute approximate surface area is 118 Å². The van der Waals surface area contributed by atoms with E-state index in [2.05, 4.69) is 23.3 Å². The van der Waals surface area contributed by atoms with Crippen LogP contribution >= 0.6 is 0 Å². The summed E-state index contributed by atoms with van der Waals surface area (Å²) in [6, 6.07) is 0. The molecule has 0 atom stereocenters. The molecule has 1 aliphatic carbocycles. The first-order chi connectivity index (χ1) is 9.28. The molecule has 3 nitrogen and oxygen atoms in total. The van der Waals surface area contributed by atoms with Gasteiger partial charge < -0.3 is 10.1 Å². The molecule has 0 saturated heterocycles. The number of nitrogens with one attached hydrogen (secondary N) is 1. The van der Waals surface area contributed by atoms with Crippen molar-refractivity contribution in [2.45, 2.75) is 50.5 Å². The van der Waals surface area contributed by atoms with Crippen LogP contribution in [0.3, 0.4) is 0 Å². The minimum Gasteiger partial charge on any atom is -0.380 e.